The van der Waals surface area contributed by atoms with Gasteiger partial charge in [0.2, 0.25) is 0 Å². The van der Waals surface area contributed by atoms with Gasteiger partial charge in [0.05, 0.1) is 18.3 Å². The average Bonchev–Trinajstić information content (AvgIpc) is 2.83. The summed E-state index contributed by atoms with van der Waals surface area (Å²) in [5.41, 5.74) is 1.02. The van der Waals surface area contributed by atoms with E-state index in [1.165, 1.54) is 5.57 Å². The monoisotopic (exact) mass is 330 g/mol. The third-order valence-electron chi connectivity index (χ3n) is 8.23. The van der Waals surface area contributed by atoms with E-state index in [4.69, 9.17) is 6.42 Å². The summed E-state index contributed by atoms with van der Waals surface area (Å²) in [6.45, 7) is 4.47. The van der Waals surface area contributed by atoms with Crippen LogP contribution in [0.15, 0.2) is 11.6 Å². The van der Waals surface area contributed by atoms with Gasteiger partial charge in [-0.15, -0.1) is 12.3 Å². The second-order valence-corrected chi connectivity index (χ2v) is 9.28. The number of fused-ring (bicyclic) bond motifs is 5. The summed E-state index contributed by atoms with van der Waals surface area (Å²) in [7, 11) is 0. The Bertz CT molecular complexity index is 605. The van der Waals surface area contributed by atoms with Crippen molar-refractivity contribution >= 4 is 0 Å². The molecule has 0 aliphatic heterocycles. The zero-order valence-electron chi connectivity index (χ0n) is 14.8. The van der Waals surface area contributed by atoms with Gasteiger partial charge in [0, 0.05) is 5.92 Å². The number of hydrogen-bond donors (Lipinski definition) is 3. The predicted octanol–water partition coefficient (Wildman–Crippen LogP) is 2.50. The Kier molecular flexibility index (Phi) is 3.70. The van der Waals surface area contributed by atoms with E-state index in [9.17, 15) is 15.3 Å². The number of terminal acetylenes is 1. The molecule has 3 saturated carbocycles. The minimum atomic E-state index is -0.505. The van der Waals surface area contributed by atoms with Crippen LogP contribution >= 0.6 is 0 Å². The lowest BCUT2D eigenvalue weighted by atomic mass is 9.44. The van der Waals surface area contributed by atoms with Gasteiger partial charge in [-0.25, -0.2) is 0 Å². The van der Waals surface area contributed by atoms with Crippen LogP contribution in [0.4, 0.5) is 0 Å². The van der Waals surface area contributed by atoms with Gasteiger partial charge in [-0.1, -0.05) is 25.5 Å². The fraction of sp³-hybridized carbons (Fsp3) is 0.810. The van der Waals surface area contributed by atoms with Crippen LogP contribution in [0.2, 0.25) is 0 Å². The zero-order chi connectivity index (χ0) is 17.3. The highest BCUT2D eigenvalue weighted by atomic mass is 16.3. The normalized spacial score (nSPS) is 56.5. The van der Waals surface area contributed by atoms with Crippen LogP contribution in [-0.4, -0.2) is 33.6 Å². The van der Waals surface area contributed by atoms with Crippen molar-refractivity contribution < 1.29 is 15.3 Å². The van der Waals surface area contributed by atoms with E-state index in [0.29, 0.717) is 12.3 Å². The SMILES string of the molecule is C#CC1C[C@]2(C)C(O)CC[C@H]2[C@@H]2C(O)C=C3CC(O)CC[C@]3(C)[C@H]12. The first-order chi connectivity index (χ1) is 11.3. The van der Waals surface area contributed by atoms with Crippen LogP contribution in [0.5, 0.6) is 0 Å². The number of rotatable bonds is 0. The number of aliphatic hydroxyl groups is 3. The highest BCUT2D eigenvalue weighted by Gasteiger charge is 2.63. The number of hydrogen-bond acceptors (Lipinski definition) is 3. The largest absolute Gasteiger partial charge is 0.393 e. The molecule has 0 radical (unpaired) electrons. The van der Waals surface area contributed by atoms with Crippen LogP contribution in [0.25, 0.3) is 0 Å². The molecule has 0 bridgehead atoms. The van der Waals surface area contributed by atoms with E-state index >= 15 is 0 Å². The van der Waals surface area contributed by atoms with Gasteiger partial charge in [0.25, 0.3) is 0 Å². The zero-order valence-corrected chi connectivity index (χ0v) is 14.8. The summed E-state index contributed by atoms with van der Waals surface area (Å²) in [5.74, 6) is 3.85. The van der Waals surface area contributed by atoms with Crippen LogP contribution in [0, 0.1) is 46.8 Å². The first-order valence-corrected chi connectivity index (χ1v) is 9.53. The van der Waals surface area contributed by atoms with Gasteiger partial charge in [0.1, 0.15) is 0 Å². The summed E-state index contributed by atoms with van der Waals surface area (Å²) in [5, 5.41) is 31.7. The standard InChI is InChI=1S/C21H30O3/c1-4-12-11-21(3)15(5-6-17(21)24)18-16(23)10-13-9-14(22)7-8-20(13,2)19(12)18/h1,10,12,14-19,22-24H,5-9,11H2,2-3H3/t12?,14?,15-,16?,17?,18+,19+,20-,21-/m0/s1. The summed E-state index contributed by atoms with van der Waals surface area (Å²) in [4.78, 5) is 0. The van der Waals surface area contributed by atoms with Crippen molar-refractivity contribution in [3.05, 3.63) is 11.6 Å². The maximum atomic E-state index is 11.0. The molecule has 0 aromatic carbocycles. The quantitative estimate of drug-likeness (QED) is 0.472. The Hall–Kier alpha value is -0.820. The molecule has 0 spiro atoms. The van der Waals surface area contributed by atoms with Crippen LogP contribution in [-0.2, 0) is 0 Å². The van der Waals surface area contributed by atoms with Crippen molar-refractivity contribution in [2.45, 2.75) is 70.7 Å². The van der Waals surface area contributed by atoms with E-state index in [1.54, 1.807) is 0 Å². The van der Waals surface area contributed by atoms with E-state index in [2.05, 4.69) is 19.8 Å². The number of aliphatic hydroxyl groups excluding tert-OH is 3. The molecule has 0 saturated heterocycles. The van der Waals surface area contributed by atoms with Gasteiger partial charge in [-0.05, 0) is 67.1 Å². The molecule has 4 aliphatic carbocycles. The molecule has 9 atom stereocenters. The molecule has 3 fully saturated rings. The lowest BCUT2D eigenvalue weighted by Crippen LogP contribution is -2.58. The van der Waals surface area contributed by atoms with Crippen molar-refractivity contribution in [2.75, 3.05) is 0 Å². The van der Waals surface area contributed by atoms with Crippen LogP contribution in [0.3, 0.4) is 0 Å². The Morgan fingerprint density at radius 3 is 2.62 bits per heavy atom. The van der Waals surface area contributed by atoms with Gasteiger partial charge in [-0.3, -0.25) is 0 Å². The Morgan fingerprint density at radius 1 is 1.17 bits per heavy atom. The fourth-order valence-corrected chi connectivity index (χ4v) is 6.94. The highest BCUT2D eigenvalue weighted by molar-refractivity contribution is 5.30. The molecule has 3 N–H and O–H groups in total. The summed E-state index contributed by atoms with van der Waals surface area (Å²) >= 11 is 0. The van der Waals surface area contributed by atoms with Crippen LogP contribution in [0.1, 0.15) is 52.4 Å². The summed E-state index contributed by atoms with van der Waals surface area (Å²) in [6, 6.07) is 0. The van der Waals surface area contributed by atoms with Crippen molar-refractivity contribution in [3.8, 4) is 12.3 Å². The molecule has 0 aromatic rings. The van der Waals surface area contributed by atoms with Gasteiger partial charge in [0.15, 0.2) is 0 Å². The van der Waals surface area contributed by atoms with Crippen molar-refractivity contribution in [1.29, 1.82) is 0 Å². The van der Waals surface area contributed by atoms with Crippen molar-refractivity contribution in [2.24, 2.45) is 34.5 Å². The molecule has 4 unspecified atom stereocenters. The first kappa shape index (κ1) is 16.6. The Balaban J connectivity index is 1.81. The van der Waals surface area contributed by atoms with E-state index in [0.717, 1.165) is 32.1 Å². The molecule has 0 amide bonds. The van der Waals surface area contributed by atoms with E-state index in [1.807, 2.05) is 6.08 Å². The van der Waals surface area contributed by atoms with Crippen molar-refractivity contribution in [1.82, 2.24) is 0 Å². The molecular weight excluding hydrogens is 300 g/mol. The lowest BCUT2D eigenvalue weighted by Gasteiger charge is -2.60. The van der Waals surface area contributed by atoms with Gasteiger partial charge < -0.3 is 15.3 Å². The minimum Gasteiger partial charge on any atom is -0.393 e. The lowest BCUT2D eigenvalue weighted by molar-refractivity contribution is -0.122. The Labute approximate surface area is 145 Å². The molecule has 3 nitrogen and oxygen atoms in total. The molecule has 4 rings (SSSR count). The molecule has 4 aliphatic rings. The topological polar surface area (TPSA) is 60.7 Å². The predicted molar refractivity (Wildman–Crippen MR) is 92.8 cm³/mol. The maximum absolute atomic E-state index is 11.0. The third-order valence-corrected chi connectivity index (χ3v) is 8.23. The summed E-state index contributed by atoms with van der Waals surface area (Å²) in [6.07, 6.45) is 12.0. The molecule has 0 heterocycles. The van der Waals surface area contributed by atoms with E-state index in [-0.39, 0.29) is 40.8 Å². The average molecular weight is 330 g/mol. The van der Waals surface area contributed by atoms with Crippen LogP contribution < -0.4 is 0 Å². The maximum Gasteiger partial charge on any atom is 0.0758 e. The smallest absolute Gasteiger partial charge is 0.0758 e. The first-order valence-electron chi connectivity index (χ1n) is 9.53. The summed E-state index contributed by atoms with van der Waals surface area (Å²) < 4.78 is 0. The van der Waals surface area contributed by atoms with E-state index < -0.39 is 6.10 Å². The molecular formula is C21H30O3. The highest BCUT2D eigenvalue weighted by Crippen LogP contribution is 2.66. The van der Waals surface area contributed by atoms with Gasteiger partial charge in [-0.2, -0.15) is 0 Å². The van der Waals surface area contributed by atoms with Gasteiger partial charge >= 0.3 is 0 Å². The molecule has 3 heteroatoms. The Morgan fingerprint density at radius 2 is 1.92 bits per heavy atom. The minimum absolute atomic E-state index is 0.0188. The molecule has 0 aromatic heterocycles. The molecule has 132 valence electrons. The second-order valence-electron chi connectivity index (χ2n) is 9.28. The molecule has 24 heavy (non-hydrogen) atoms. The van der Waals surface area contributed by atoms with Crippen molar-refractivity contribution in [3.63, 3.8) is 0 Å². The fourth-order valence-electron chi connectivity index (χ4n) is 6.94. The second kappa shape index (κ2) is 5.34. The third kappa shape index (κ3) is 2.03.